The number of nitrogens with zero attached hydrogens (tertiary/aromatic N) is 1. The predicted molar refractivity (Wildman–Crippen MR) is 127 cm³/mol. The Labute approximate surface area is 196 Å². The molecular formula is C25H29N3O6. The van der Waals surface area contributed by atoms with Gasteiger partial charge >= 0.3 is 5.69 Å². The standard InChI is InChI=1S/C25H29N3O6/c1-15-9-11-16(12-10-15)5-4-8-21(29)26-18-14-34-20(23(31)22(18)30)13-28-19-7-3-2-6-17(19)24(32)27-25(28)33/h2-3,6-7,9-12,18,20,22-23,30-31H,4-5,8,13-14H2,1H3,(H,26,29)(H,27,32,33)/t18-,20-,22+,23-/m1/s1. The van der Waals surface area contributed by atoms with E-state index in [1.165, 1.54) is 10.1 Å². The summed E-state index contributed by atoms with van der Waals surface area (Å²) in [6.45, 7) is 1.95. The summed E-state index contributed by atoms with van der Waals surface area (Å²) in [5, 5.41) is 24.3. The summed E-state index contributed by atoms with van der Waals surface area (Å²) in [4.78, 5) is 39.1. The molecule has 0 spiro atoms. The minimum absolute atomic E-state index is 0.0113. The van der Waals surface area contributed by atoms with Crippen molar-refractivity contribution in [2.75, 3.05) is 6.61 Å². The summed E-state index contributed by atoms with van der Waals surface area (Å²) in [7, 11) is 0. The lowest BCUT2D eigenvalue weighted by atomic mass is 9.97. The van der Waals surface area contributed by atoms with Gasteiger partial charge in [0.05, 0.1) is 30.1 Å². The number of aromatic nitrogens is 2. The van der Waals surface area contributed by atoms with Crippen LogP contribution in [0.2, 0.25) is 0 Å². The van der Waals surface area contributed by atoms with Crippen LogP contribution in [0.25, 0.3) is 10.9 Å². The first-order valence-electron chi connectivity index (χ1n) is 11.4. The number of rotatable bonds is 7. The number of aromatic amines is 1. The zero-order chi connectivity index (χ0) is 24.2. The van der Waals surface area contributed by atoms with E-state index in [1.54, 1.807) is 24.3 Å². The molecule has 2 aromatic carbocycles. The third kappa shape index (κ3) is 5.27. The van der Waals surface area contributed by atoms with Gasteiger partial charge in [-0.15, -0.1) is 0 Å². The first kappa shape index (κ1) is 23.9. The highest BCUT2D eigenvalue weighted by Crippen LogP contribution is 2.19. The van der Waals surface area contributed by atoms with E-state index < -0.39 is 35.6 Å². The van der Waals surface area contributed by atoms with Gasteiger partial charge in [-0.2, -0.15) is 0 Å². The molecule has 0 radical (unpaired) electrons. The number of aliphatic hydroxyl groups excluding tert-OH is 2. The quantitative estimate of drug-likeness (QED) is 0.403. The summed E-state index contributed by atoms with van der Waals surface area (Å²) >= 11 is 0. The van der Waals surface area contributed by atoms with Crippen molar-refractivity contribution in [2.24, 2.45) is 0 Å². The molecular weight excluding hydrogens is 438 g/mol. The number of carbonyl (C=O) groups excluding carboxylic acids is 1. The molecule has 4 atom stereocenters. The second-order valence-electron chi connectivity index (χ2n) is 8.75. The van der Waals surface area contributed by atoms with Crippen LogP contribution >= 0.6 is 0 Å². The van der Waals surface area contributed by atoms with E-state index in [9.17, 15) is 24.6 Å². The number of benzene rings is 2. The molecule has 1 aromatic heterocycles. The second kappa shape index (κ2) is 10.3. The van der Waals surface area contributed by atoms with Crippen LogP contribution in [-0.4, -0.2) is 56.6 Å². The topological polar surface area (TPSA) is 134 Å². The van der Waals surface area contributed by atoms with Crippen LogP contribution in [0, 0.1) is 6.92 Å². The third-order valence-corrected chi connectivity index (χ3v) is 6.24. The van der Waals surface area contributed by atoms with Crippen molar-refractivity contribution in [2.45, 2.75) is 57.1 Å². The Morgan fingerprint density at radius 1 is 1.12 bits per heavy atom. The lowest BCUT2D eigenvalue weighted by Crippen LogP contribution is -2.60. The average molecular weight is 468 g/mol. The Morgan fingerprint density at radius 3 is 2.62 bits per heavy atom. The van der Waals surface area contributed by atoms with Crippen molar-refractivity contribution in [3.63, 3.8) is 0 Å². The van der Waals surface area contributed by atoms with Crippen LogP contribution in [0.3, 0.4) is 0 Å². The number of aryl methyl sites for hydroxylation is 2. The minimum Gasteiger partial charge on any atom is -0.388 e. The Hall–Kier alpha value is -3.27. The summed E-state index contributed by atoms with van der Waals surface area (Å²) in [6.07, 6.45) is -1.77. The van der Waals surface area contributed by atoms with Crippen molar-refractivity contribution in [3.05, 3.63) is 80.5 Å². The zero-order valence-electron chi connectivity index (χ0n) is 18.9. The van der Waals surface area contributed by atoms with E-state index in [-0.39, 0.29) is 25.5 Å². The molecule has 1 fully saturated rings. The maximum absolute atomic E-state index is 12.4. The van der Waals surface area contributed by atoms with Gasteiger partial charge < -0.3 is 20.3 Å². The number of carbonyl (C=O) groups is 1. The molecule has 0 saturated carbocycles. The number of ether oxygens (including phenoxy) is 1. The van der Waals surface area contributed by atoms with E-state index in [0.29, 0.717) is 17.3 Å². The summed E-state index contributed by atoms with van der Waals surface area (Å²) in [6, 6.07) is 14.0. The molecule has 0 bridgehead atoms. The SMILES string of the molecule is Cc1ccc(CCCC(=O)N[C@@H]2CO[C@H](Cn3c(=O)[nH]c(=O)c4ccccc43)[C@@H](O)[C@H]2O)cc1. The maximum Gasteiger partial charge on any atom is 0.328 e. The van der Waals surface area contributed by atoms with Gasteiger partial charge in [0, 0.05) is 6.42 Å². The molecule has 0 aliphatic carbocycles. The molecule has 4 N–H and O–H groups in total. The Bertz CT molecular complexity index is 1270. The van der Waals surface area contributed by atoms with Gasteiger partial charge in [-0.25, -0.2) is 4.79 Å². The van der Waals surface area contributed by atoms with E-state index in [1.807, 2.05) is 31.2 Å². The smallest absolute Gasteiger partial charge is 0.328 e. The van der Waals surface area contributed by atoms with Crippen molar-refractivity contribution >= 4 is 16.8 Å². The molecule has 34 heavy (non-hydrogen) atoms. The fourth-order valence-corrected chi connectivity index (χ4v) is 4.26. The third-order valence-electron chi connectivity index (χ3n) is 6.24. The largest absolute Gasteiger partial charge is 0.388 e. The number of hydrogen-bond acceptors (Lipinski definition) is 6. The van der Waals surface area contributed by atoms with Crippen molar-refractivity contribution in [1.29, 1.82) is 0 Å². The normalized spacial score (nSPS) is 22.6. The minimum atomic E-state index is -1.33. The van der Waals surface area contributed by atoms with Crippen LogP contribution in [0.5, 0.6) is 0 Å². The monoisotopic (exact) mass is 467 g/mol. The highest BCUT2D eigenvalue weighted by molar-refractivity contribution is 5.77. The van der Waals surface area contributed by atoms with Crippen molar-refractivity contribution in [3.8, 4) is 0 Å². The molecule has 1 saturated heterocycles. The fourth-order valence-electron chi connectivity index (χ4n) is 4.26. The number of aliphatic hydroxyl groups is 2. The lowest BCUT2D eigenvalue weighted by molar-refractivity contribution is -0.158. The molecule has 0 unspecified atom stereocenters. The number of amides is 1. The van der Waals surface area contributed by atoms with E-state index in [0.717, 1.165) is 12.0 Å². The summed E-state index contributed by atoms with van der Waals surface area (Å²) in [5.41, 5.74) is 1.63. The van der Waals surface area contributed by atoms with Gasteiger partial charge in [-0.1, -0.05) is 42.0 Å². The average Bonchev–Trinajstić information content (AvgIpc) is 2.82. The molecule has 1 amide bonds. The second-order valence-corrected chi connectivity index (χ2v) is 8.75. The van der Waals surface area contributed by atoms with Crippen LogP contribution < -0.4 is 16.6 Å². The van der Waals surface area contributed by atoms with Crippen molar-refractivity contribution < 1.29 is 19.7 Å². The molecule has 9 heteroatoms. The van der Waals surface area contributed by atoms with E-state index in [4.69, 9.17) is 4.74 Å². The maximum atomic E-state index is 12.4. The van der Waals surface area contributed by atoms with Gasteiger partial charge in [0.25, 0.3) is 5.56 Å². The first-order chi connectivity index (χ1) is 16.3. The van der Waals surface area contributed by atoms with Crippen LogP contribution in [-0.2, 0) is 22.5 Å². The van der Waals surface area contributed by atoms with E-state index >= 15 is 0 Å². The molecule has 3 aromatic rings. The number of hydrogen-bond donors (Lipinski definition) is 4. The molecule has 1 aliphatic heterocycles. The number of fused-ring (bicyclic) bond motifs is 1. The van der Waals surface area contributed by atoms with E-state index in [2.05, 4.69) is 10.3 Å². The molecule has 9 nitrogen and oxygen atoms in total. The molecule has 180 valence electrons. The highest BCUT2D eigenvalue weighted by Gasteiger charge is 2.39. The van der Waals surface area contributed by atoms with Crippen LogP contribution in [0.4, 0.5) is 0 Å². The Morgan fingerprint density at radius 2 is 1.85 bits per heavy atom. The van der Waals surface area contributed by atoms with Crippen LogP contribution in [0.15, 0.2) is 58.1 Å². The number of H-pyrrole nitrogens is 1. The van der Waals surface area contributed by atoms with Gasteiger partial charge in [-0.3, -0.25) is 19.1 Å². The summed E-state index contributed by atoms with van der Waals surface area (Å²) in [5.74, 6) is -0.228. The number of para-hydroxylation sites is 1. The Kier molecular flexibility index (Phi) is 7.26. The van der Waals surface area contributed by atoms with Gasteiger partial charge in [0.1, 0.15) is 18.3 Å². The molecule has 1 aliphatic rings. The fraction of sp³-hybridized carbons (Fsp3) is 0.400. The predicted octanol–water partition coefficient (Wildman–Crippen LogP) is 0.627. The summed E-state index contributed by atoms with van der Waals surface area (Å²) < 4.78 is 7.03. The number of nitrogens with one attached hydrogen (secondary N) is 2. The van der Waals surface area contributed by atoms with Crippen LogP contribution in [0.1, 0.15) is 24.0 Å². The molecule has 4 rings (SSSR count). The Balaban J connectivity index is 1.34. The van der Waals surface area contributed by atoms with Gasteiger partial charge in [-0.05, 0) is 37.5 Å². The van der Waals surface area contributed by atoms with Gasteiger partial charge in [0.15, 0.2) is 0 Å². The van der Waals surface area contributed by atoms with Crippen molar-refractivity contribution in [1.82, 2.24) is 14.9 Å². The lowest BCUT2D eigenvalue weighted by Gasteiger charge is -2.38. The zero-order valence-corrected chi connectivity index (χ0v) is 18.9. The van der Waals surface area contributed by atoms with Gasteiger partial charge in [0.2, 0.25) is 5.91 Å². The highest BCUT2D eigenvalue weighted by atomic mass is 16.5. The molecule has 2 heterocycles. The first-order valence-corrected chi connectivity index (χ1v) is 11.4.